The van der Waals surface area contributed by atoms with Gasteiger partial charge in [-0.2, -0.15) is 0 Å². The molecule has 2 aromatic rings. The first-order chi connectivity index (χ1) is 15.8. The van der Waals surface area contributed by atoms with E-state index in [1.54, 1.807) is 17.0 Å². The molecule has 2 aromatic carbocycles. The maximum Gasteiger partial charge on any atom is 0.267 e. The Hall–Kier alpha value is -2.95. The van der Waals surface area contributed by atoms with Crippen LogP contribution in [0.2, 0.25) is 0 Å². The number of rotatable bonds is 3. The summed E-state index contributed by atoms with van der Waals surface area (Å²) in [5, 5.41) is 8.51. The summed E-state index contributed by atoms with van der Waals surface area (Å²) in [6, 6.07) is 13.2. The highest BCUT2D eigenvalue weighted by Crippen LogP contribution is 2.44. The van der Waals surface area contributed by atoms with Crippen molar-refractivity contribution in [1.29, 1.82) is 0 Å². The Bertz CT molecular complexity index is 1310. The van der Waals surface area contributed by atoms with Crippen molar-refractivity contribution >= 4 is 55.7 Å². The quantitative estimate of drug-likeness (QED) is 0.648. The van der Waals surface area contributed by atoms with E-state index in [4.69, 9.17) is 5.14 Å². The van der Waals surface area contributed by atoms with Gasteiger partial charge in [0.05, 0.1) is 21.1 Å². The van der Waals surface area contributed by atoms with E-state index >= 15 is 0 Å². The van der Waals surface area contributed by atoms with Crippen LogP contribution in [0, 0.1) is 0 Å². The standard InChI is InChI=1S/C23H22N4O4S2/c24-33(30,31)16-12-10-14(11-13-16)25-23-27(15-6-2-1-3-7-15)22(29)20(32-23)19-17-8-4-5-9-18(17)26-21(19)28/h4-5,8-13,15H,1-3,6-7H2,(H,26,28)(H2,24,30,31)/b20-19-,25-23-. The van der Waals surface area contributed by atoms with Crippen LogP contribution in [0.1, 0.15) is 37.7 Å². The van der Waals surface area contributed by atoms with Gasteiger partial charge >= 0.3 is 0 Å². The number of carbonyl (C=O) groups excluding carboxylic acids is 2. The van der Waals surface area contributed by atoms with Crippen molar-refractivity contribution in [2.75, 3.05) is 5.32 Å². The van der Waals surface area contributed by atoms with Gasteiger partial charge in [-0.05, 0) is 54.9 Å². The number of amides is 2. The van der Waals surface area contributed by atoms with E-state index in [0.717, 1.165) is 32.1 Å². The summed E-state index contributed by atoms with van der Waals surface area (Å²) in [5.41, 5.74) is 2.27. The predicted octanol–water partition coefficient (Wildman–Crippen LogP) is 3.59. The minimum absolute atomic E-state index is 0.00669. The van der Waals surface area contributed by atoms with E-state index in [2.05, 4.69) is 10.3 Å². The summed E-state index contributed by atoms with van der Waals surface area (Å²) < 4.78 is 23.1. The number of fused-ring (bicyclic) bond motifs is 1. The summed E-state index contributed by atoms with van der Waals surface area (Å²) in [7, 11) is -3.81. The number of thioether (sulfide) groups is 1. The van der Waals surface area contributed by atoms with Gasteiger partial charge in [-0.15, -0.1) is 0 Å². The Morgan fingerprint density at radius 1 is 1.00 bits per heavy atom. The zero-order valence-electron chi connectivity index (χ0n) is 17.7. The molecule has 2 amide bonds. The number of benzene rings is 2. The molecule has 0 radical (unpaired) electrons. The zero-order chi connectivity index (χ0) is 23.2. The molecule has 0 unspecified atom stereocenters. The molecule has 0 atom stereocenters. The first kappa shape index (κ1) is 21.9. The number of hydrogen-bond acceptors (Lipinski definition) is 6. The number of sulfonamides is 1. The number of nitrogens with zero attached hydrogens (tertiary/aromatic N) is 2. The molecule has 5 rings (SSSR count). The SMILES string of the molecule is NS(=O)(=O)c1ccc(/N=C2\S/C(=C3\C(=O)Nc4ccccc43)C(=O)N2C2CCCCC2)cc1. The molecular formula is C23H22N4O4S2. The van der Waals surface area contributed by atoms with Crippen molar-refractivity contribution in [2.24, 2.45) is 10.1 Å². The molecule has 1 aliphatic carbocycles. The van der Waals surface area contributed by atoms with Crippen LogP contribution < -0.4 is 10.5 Å². The van der Waals surface area contributed by atoms with Crippen molar-refractivity contribution < 1.29 is 18.0 Å². The first-order valence-electron chi connectivity index (χ1n) is 10.7. The lowest BCUT2D eigenvalue weighted by atomic mass is 9.94. The Morgan fingerprint density at radius 2 is 1.70 bits per heavy atom. The summed E-state index contributed by atoms with van der Waals surface area (Å²) >= 11 is 1.19. The average Bonchev–Trinajstić information content (AvgIpc) is 3.29. The molecule has 0 aromatic heterocycles. The van der Waals surface area contributed by atoms with Crippen LogP contribution >= 0.6 is 11.8 Å². The van der Waals surface area contributed by atoms with Crippen molar-refractivity contribution in [2.45, 2.75) is 43.0 Å². The van der Waals surface area contributed by atoms with Crippen LogP contribution in [-0.2, 0) is 19.6 Å². The molecule has 0 spiro atoms. The zero-order valence-corrected chi connectivity index (χ0v) is 19.3. The van der Waals surface area contributed by atoms with Gasteiger partial charge in [0.2, 0.25) is 10.0 Å². The number of nitrogens with one attached hydrogen (secondary N) is 1. The van der Waals surface area contributed by atoms with Gasteiger partial charge < -0.3 is 5.32 Å². The van der Waals surface area contributed by atoms with Gasteiger partial charge in [0.1, 0.15) is 0 Å². The van der Waals surface area contributed by atoms with Crippen molar-refractivity contribution in [3.05, 3.63) is 59.0 Å². The molecule has 10 heteroatoms. The van der Waals surface area contributed by atoms with Crippen LogP contribution in [0.3, 0.4) is 0 Å². The molecular weight excluding hydrogens is 460 g/mol. The Kier molecular flexibility index (Phi) is 5.59. The third kappa shape index (κ3) is 4.09. The highest BCUT2D eigenvalue weighted by atomic mass is 32.2. The van der Waals surface area contributed by atoms with E-state index in [-0.39, 0.29) is 22.8 Å². The van der Waals surface area contributed by atoms with Crippen LogP contribution in [0.5, 0.6) is 0 Å². The fourth-order valence-corrected chi connectivity index (χ4v) is 6.11. The van der Waals surface area contributed by atoms with Crippen LogP contribution in [0.4, 0.5) is 11.4 Å². The number of hydrogen-bond donors (Lipinski definition) is 2. The molecule has 1 saturated heterocycles. The second-order valence-electron chi connectivity index (χ2n) is 8.21. The number of aliphatic imine (C=N–C) groups is 1. The third-order valence-corrected chi connectivity index (χ3v) is 8.02. The second-order valence-corrected chi connectivity index (χ2v) is 10.7. The smallest absolute Gasteiger partial charge is 0.267 e. The van der Waals surface area contributed by atoms with Crippen LogP contribution in [0.15, 0.2) is 63.3 Å². The highest BCUT2D eigenvalue weighted by Gasteiger charge is 2.43. The lowest BCUT2D eigenvalue weighted by molar-refractivity contribution is -0.124. The first-order valence-corrected chi connectivity index (χ1v) is 13.1. The number of carbonyl (C=O) groups is 2. The lowest BCUT2D eigenvalue weighted by Gasteiger charge is -2.30. The van der Waals surface area contributed by atoms with Gasteiger partial charge in [-0.3, -0.25) is 14.5 Å². The number of anilines is 1. The monoisotopic (exact) mass is 482 g/mol. The molecule has 2 aliphatic heterocycles. The molecule has 0 bridgehead atoms. The molecule has 3 N–H and O–H groups in total. The molecule has 2 heterocycles. The molecule has 33 heavy (non-hydrogen) atoms. The summed E-state index contributed by atoms with van der Waals surface area (Å²) in [4.78, 5) is 33.2. The lowest BCUT2D eigenvalue weighted by Crippen LogP contribution is -2.40. The van der Waals surface area contributed by atoms with Crippen molar-refractivity contribution in [1.82, 2.24) is 4.90 Å². The van der Waals surface area contributed by atoms with E-state index in [9.17, 15) is 18.0 Å². The molecule has 170 valence electrons. The predicted molar refractivity (Wildman–Crippen MR) is 128 cm³/mol. The van der Waals surface area contributed by atoms with Crippen LogP contribution in [0.25, 0.3) is 5.57 Å². The molecule has 8 nitrogen and oxygen atoms in total. The van der Waals surface area contributed by atoms with Gasteiger partial charge in [0.15, 0.2) is 5.17 Å². The maximum atomic E-state index is 13.6. The van der Waals surface area contributed by atoms with E-state index in [1.807, 2.05) is 24.3 Å². The summed E-state index contributed by atoms with van der Waals surface area (Å²) in [6.45, 7) is 0. The Morgan fingerprint density at radius 3 is 2.39 bits per heavy atom. The number of nitrogens with two attached hydrogens (primary N) is 1. The van der Waals surface area contributed by atoms with Crippen molar-refractivity contribution in [3.63, 3.8) is 0 Å². The van der Waals surface area contributed by atoms with Gasteiger partial charge in [-0.1, -0.05) is 37.5 Å². The normalized spacial score (nSPS) is 22.7. The molecule has 1 saturated carbocycles. The number of para-hydroxylation sites is 1. The maximum absolute atomic E-state index is 13.6. The van der Waals surface area contributed by atoms with Gasteiger partial charge in [0, 0.05) is 17.3 Å². The topological polar surface area (TPSA) is 122 Å². The van der Waals surface area contributed by atoms with E-state index in [1.165, 1.54) is 23.9 Å². The number of primary sulfonamides is 1. The second kappa shape index (κ2) is 8.44. The summed E-state index contributed by atoms with van der Waals surface area (Å²) in [5.74, 6) is -0.511. The number of amidine groups is 1. The van der Waals surface area contributed by atoms with Crippen molar-refractivity contribution in [3.8, 4) is 0 Å². The van der Waals surface area contributed by atoms with Gasteiger partial charge in [-0.25, -0.2) is 18.5 Å². The Labute approximate surface area is 196 Å². The molecule has 3 aliphatic rings. The largest absolute Gasteiger partial charge is 0.321 e. The van der Waals surface area contributed by atoms with E-state index < -0.39 is 10.0 Å². The Balaban J connectivity index is 1.58. The fraction of sp³-hybridized carbons (Fsp3) is 0.261. The molecule has 2 fully saturated rings. The van der Waals surface area contributed by atoms with Crippen LogP contribution in [-0.4, -0.2) is 36.3 Å². The average molecular weight is 483 g/mol. The fourth-order valence-electron chi connectivity index (χ4n) is 4.44. The van der Waals surface area contributed by atoms with E-state index in [0.29, 0.717) is 32.6 Å². The minimum atomic E-state index is -3.81. The summed E-state index contributed by atoms with van der Waals surface area (Å²) in [6.07, 6.45) is 4.95. The minimum Gasteiger partial charge on any atom is -0.321 e. The van der Waals surface area contributed by atoms with Gasteiger partial charge in [0.25, 0.3) is 11.8 Å². The third-order valence-electron chi connectivity index (χ3n) is 6.04. The highest BCUT2D eigenvalue weighted by molar-refractivity contribution is 8.18.